The number of fused-ring (bicyclic) bond motifs is 1. The summed E-state index contributed by atoms with van der Waals surface area (Å²) in [6.07, 6.45) is 0. The van der Waals surface area contributed by atoms with E-state index in [-0.39, 0.29) is 0 Å². The van der Waals surface area contributed by atoms with E-state index < -0.39 is 0 Å². The van der Waals surface area contributed by atoms with Crippen LogP contribution in [0.15, 0.2) is 265 Å². The van der Waals surface area contributed by atoms with Crippen LogP contribution in [0.1, 0.15) is 0 Å². The molecular formula is C62H43NO. The molecule has 0 spiro atoms. The van der Waals surface area contributed by atoms with Crippen LogP contribution in [0.3, 0.4) is 0 Å². The lowest BCUT2D eigenvalue weighted by Crippen LogP contribution is -2.09. The fraction of sp³-hybridized carbons (Fsp3) is 0. The molecule has 2 heteroatoms. The predicted octanol–water partition coefficient (Wildman–Crippen LogP) is 17.6. The zero-order valence-corrected chi connectivity index (χ0v) is 35.2. The number of nitrogens with zero attached hydrogens (tertiary/aromatic N) is 1. The molecule has 0 aliphatic rings. The van der Waals surface area contributed by atoms with Gasteiger partial charge in [-0.25, -0.2) is 0 Å². The smallest absolute Gasteiger partial charge is 0.135 e. The van der Waals surface area contributed by atoms with Gasteiger partial charge in [0.1, 0.15) is 11.3 Å². The molecule has 1 heterocycles. The molecule has 10 aromatic carbocycles. The second-order valence-corrected chi connectivity index (χ2v) is 16.1. The predicted molar refractivity (Wildman–Crippen MR) is 269 cm³/mol. The van der Waals surface area contributed by atoms with E-state index >= 15 is 0 Å². The van der Waals surface area contributed by atoms with Gasteiger partial charge in [-0.2, -0.15) is 0 Å². The summed E-state index contributed by atoms with van der Waals surface area (Å²) in [6.45, 7) is 0. The maximum Gasteiger partial charge on any atom is 0.135 e. The maximum absolute atomic E-state index is 6.24. The van der Waals surface area contributed by atoms with Crippen molar-refractivity contribution in [3.8, 4) is 78.1 Å². The molecule has 0 atom stereocenters. The van der Waals surface area contributed by atoms with Gasteiger partial charge in [0.05, 0.1) is 0 Å². The Morgan fingerprint density at radius 2 is 0.594 bits per heavy atom. The van der Waals surface area contributed by atoms with Crippen molar-refractivity contribution in [1.82, 2.24) is 0 Å². The Hall–Kier alpha value is -8.46. The van der Waals surface area contributed by atoms with E-state index in [0.717, 1.165) is 56.0 Å². The number of hydrogen-bond donors (Lipinski definition) is 0. The molecule has 0 fully saturated rings. The zero-order valence-electron chi connectivity index (χ0n) is 35.2. The molecule has 0 bridgehead atoms. The molecule has 0 aliphatic carbocycles. The van der Waals surface area contributed by atoms with Gasteiger partial charge in [0.15, 0.2) is 0 Å². The van der Waals surface area contributed by atoms with E-state index in [1.165, 1.54) is 50.1 Å². The second-order valence-electron chi connectivity index (χ2n) is 16.1. The third-order valence-corrected chi connectivity index (χ3v) is 12.1. The Balaban J connectivity index is 0.968. The third kappa shape index (κ3) is 7.81. The lowest BCUT2D eigenvalue weighted by atomic mass is 9.93. The van der Waals surface area contributed by atoms with E-state index in [2.05, 4.69) is 248 Å². The molecule has 1 aromatic heterocycles. The van der Waals surface area contributed by atoms with Crippen molar-refractivity contribution in [2.24, 2.45) is 0 Å². The van der Waals surface area contributed by atoms with Crippen molar-refractivity contribution in [2.75, 3.05) is 4.90 Å². The van der Waals surface area contributed by atoms with Gasteiger partial charge in [-0.1, -0.05) is 188 Å². The number of furan rings is 1. The van der Waals surface area contributed by atoms with Crippen LogP contribution in [0.25, 0.3) is 89.1 Å². The Bertz CT molecular complexity index is 3240. The highest BCUT2D eigenvalue weighted by Gasteiger charge is 2.16. The summed E-state index contributed by atoms with van der Waals surface area (Å²) in [7, 11) is 0. The zero-order chi connectivity index (χ0) is 42.7. The largest absolute Gasteiger partial charge is 0.456 e. The Kier molecular flexibility index (Phi) is 10.3. The van der Waals surface area contributed by atoms with E-state index in [9.17, 15) is 0 Å². The third-order valence-electron chi connectivity index (χ3n) is 12.1. The monoisotopic (exact) mass is 817 g/mol. The van der Waals surface area contributed by atoms with Crippen LogP contribution in [0.4, 0.5) is 17.1 Å². The minimum Gasteiger partial charge on any atom is -0.456 e. The van der Waals surface area contributed by atoms with Crippen LogP contribution in [0.5, 0.6) is 0 Å². The van der Waals surface area contributed by atoms with Crippen molar-refractivity contribution >= 4 is 28.0 Å². The van der Waals surface area contributed by atoms with Gasteiger partial charge in [-0.3, -0.25) is 0 Å². The molecule has 0 amide bonds. The van der Waals surface area contributed by atoms with Crippen molar-refractivity contribution in [3.05, 3.63) is 261 Å². The normalized spacial score (nSPS) is 11.1. The SMILES string of the molecule is c1ccc(-c2cc(-c3ccccc3)cc(-c3ccc(N(c4ccc(-c5cccc(-c6cc7ccccc7o6)c5)cc4)c4ccc(-c5ccccc5-c5ccccc5)cc4)cc3)c2)cc1. The van der Waals surface area contributed by atoms with Crippen LogP contribution in [-0.2, 0) is 0 Å². The van der Waals surface area contributed by atoms with Crippen molar-refractivity contribution in [2.45, 2.75) is 0 Å². The van der Waals surface area contributed by atoms with Gasteiger partial charge in [0.25, 0.3) is 0 Å². The maximum atomic E-state index is 6.24. The molecule has 11 rings (SSSR count). The Morgan fingerprint density at radius 1 is 0.234 bits per heavy atom. The minimum atomic E-state index is 0.868. The fourth-order valence-corrected chi connectivity index (χ4v) is 8.81. The van der Waals surface area contributed by atoms with Crippen LogP contribution in [0.2, 0.25) is 0 Å². The van der Waals surface area contributed by atoms with Crippen LogP contribution in [-0.4, -0.2) is 0 Å². The van der Waals surface area contributed by atoms with E-state index in [0.29, 0.717) is 0 Å². The van der Waals surface area contributed by atoms with Gasteiger partial charge in [-0.05, 0) is 140 Å². The van der Waals surface area contributed by atoms with Gasteiger partial charge in [0, 0.05) is 28.0 Å². The Morgan fingerprint density at radius 3 is 1.11 bits per heavy atom. The number of rotatable bonds is 10. The molecule has 64 heavy (non-hydrogen) atoms. The minimum absolute atomic E-state index is 0.868. The number of para-hydroxylation sites is 1. The molecular weight excluding hydrogens is 775 g/mol. The number of hydrogen-bond acceptors (Lipinski definition) is 2. The molecule has 0 aliphatic heterocycles. The molecule has 0 radical (unpaired) electrons. The van der Waals surface area contributed by atoms with E-state index in [4.69, 9.17) is 4.42 Å². The summed E-state index contributed by atoms with van der Waals surface area (Å²) in [6, 6.07) is 93.3. The Labute approximate surface area is 374 Å². The number of benzene rings is 10. The first-order chi connectivity index (χ1) is 31.7. The molecule has 0 unspecified atom stereocenters. The quantitative estimate of drug-likeness (QED) is 0.137. The first kappa shape index (κ1) is 38.5. The van der Waals surface area contributed by atoms with Gasteiger partial charge in [0.2, 0.25) is 0 Å². The summed E-state index contributed by atoms with van der Waals surface area (Å²) < 4.78 is 6.24. The summed E-state index contributed by atoms with van der Waals surface area (Å²) in [5, 5.41) is 1.10. The molecule has 0 saturated carbocycles. The molecule has 11 aromatic rings. The van der Waals surface area contributed by atoms with Gasteiger partial charge < -0.3 is 9.32 Å². The highest BCUT2D eigenvalue weighted by molar-refractivity contribution is 5.88. The van der Waals surface area contributed by atoms with Crippen LogP contribution < -0.4 is 4.90 Å². The molecule has 0 N–H and O–H groups in total. The van der Waals surface area contributed by atoms with E-state index in [1.54, 1.807) is 0 Å². The van der Waals surface area contributed by atoms with E-state index in [1.807, 2.05) is 18.2 Å². The topological polar surface area (TPSA) is 16.4 Å². The highest BCUT2D eigenvalue weighted by Crippen LogP contribution is 2.41. The van der Waals surface area contributed by atoms with Crippen molar-refractivity contribution < 1.29 is 4.42 Å². The van der Waals surface area contributed by atoms with Crippen LogP contribution >= 0.6 is 0 Å². The first-order valence-electron chi connectivity index (χ1n) is 21.8. The average Bonchev–Trinajstić information content (AvgIpc) is 3.83. The molecule has 0 saturated heterocycles. The first-order valence-corrected chi connectivity index (χ1v) is 21.8. The van der Waals surface area contributed by atoms with Gasteiger partial charge >= 0.3 is 0 Å². The summed E-state index contributed by atoms with van der Waals surface area (Å²) in [5.41, 5.74) is 19.4. The average molecular weight is 818 g/mol. The second kappa shape index (κ2) is 17.1. The molecule has 2 nitrogen and oxygen atoms in total. The van der Waals surface area contributed by atoms with Crippen molar-refractivity contribution in [1.29, 1.82) is 0 Å². The summed E-state index contributed by atoms with van der Waals surface area (Å²) >= 11 is 0. The fourth-order valence-electron chi connectivity index (χ4n) is 8.81. The standard InChI is InChI=1S/C62H43NO/c1-4-15-44(16-5-1)53-40-54(45-17-6-2-7-18-45)42-55(41-53)47-29-35-57(36-30-47)63(58-37-31-49(32-38-58)60-25-12-11-24-59(60)48-19-8-3-9-20-48)56-33-27-46(28-34-56)50-22-14-23-51(39-50)62-43-52-21-10-13-26-61(52)64-62/h1-43H. The summed E-state index contributed by atoms with van der Waals surface area (Å²) in [4.78, 5) is 2.35. The lowest BCUT2D eigenvalue weighted by Gasteiger charge is -2.26. The van der Waals surface area contributed by atoms with Crippen LogP contribution in [0, 0.1) is 0 Å². The number of anilines is 3. The molecule has 302 valence electrons. The summed E-state index contributed by atoms with van der Waals surface area (Å²) in [5.74, 6) is 0.868. The van der Waals surface area contributed by atoms with Gasteiger partial charge in [-0.15, -0.1) is 0 Å². The lowest BCUT2D eigenvalue weighted by molar-refractivity contribution is 0.631. The highest BCUT2D eigenvalue weighted by atomic mass is 16.3. The van der Waals surface area contributed by atoms with Crippen molar-refractivity contribution in [3.63, 3.8) is 0 Å².